The van der Waals surface area contributed by atoms with Crippen LogP contribution in [-0.4, -0.2) is 48.2 Å². The third-order valence-corrected chi connectivity index (χ3v) is 4.56. The van der Waals surface area contributed by atoms with Crippen molar-refractivity contribution < 1.29 is 15.2 Å². The van der Waals surface area contributed by atoms with Gasteiger partial charge in [0, 0.05) is 13.1 Å². The van der Waals surface area contributed by atoms with Crippen molar-refractivity contribution in [2.24, 2.45) is 5.92 Å². The van der Waals surface area contributed by atoms with Crippen LogP contribution in [0.1, 0.15) is 17.5 Å². The Morgan fingerprint density at radius 1 is 1.05 bits per heavy atom. The molecule has 0 amide bonds. The van der Waals surface area contributed by atoms with E-state index in [4.69, 9.17) is 15.2 Å². The topological polar surface area (TPSA) is 77.0 Å². The number of anilines is 2. The second kappa shape index (κ2) is 6.62. The minimum Gasteiger partial charge on any atom is -0.379 e. The van der Waals surface area contributed by atoms with Gasteiger partial charge in [-0.15, -0.1) is 0 Å². The van der Waals surface area contributed by atoms with E-state index in [1.165, 1.54) is 17.5 Å². The first-order chi connectivity index (χ1) is 10.3. The Morgan fingerprint density at radius 2 is 1.62 bits per heavy atom. The van der Waals surface area contributed by atoms with E-state index in [0.29, 0.717) is 17.3 Å². The van der Waals surface area contributed by atoms with Crippen molar-refractivity contribution in [2.45, 2.75) is 19.3 Å². The monoisotopic (exact) mass is 293 g/mol. The zero-order valence-corrected chi connectivity index (χ0v) is 12.1. The number of nitrogens with zero attached hydrogens (tertiary/aromatic N) is 1. The molecule has 1 aromatic carbocycles. The Kier molecular flexibility index (Phi) is 4.60. The van der Waals surface area contributed by atoms with Crippen LogP contribution in [0.4, 0.5) is 11.4 Å². The summed E-state index contributed by atoms with van der Waals surface area (Å²) in [7, 11) is 0. The number of ether oxygens (including phenoxy) is 1. The standard InChI is InChI=1S/C15H23N3O3/c19-16-14-9-12-7-11(8-13(12)10-15(14)17-20)1-2-18-3-5-21-6-4-18/h9-11,16-17,19-20H,1-8H2. The van der Waals surface area contributed by atoms with E-state index in [2.05, 4.69) is 15.9 Å². The van der Waals surface area contributed by atoms with Crippen LogP contribution in [0.5, 0.6) is 0 Å². The predicted molar refractivity (Wildman–Crippen MR) is 80.0 cm³/mol. The van der Waals surface area contributed by atoms with Crippen LogP contribution in [0.2, 0.25) is 0 Å². The molecule has 1 aromatic rings. The molecule has 1 aliphatic carbocycles. The molecular weight excluding hydrogens is 270 g/mol. The molecule has 1 fully saturated rings. The average Bonchev–Trinajstić information content (AvgIpc) is 2.94. The van der Waals surface area contributed by atoms with Gasteiger partial charge >= 0.3 is 0 Å². The number of rotatable bonds is 5. The smallest absolute Gasteiger partial charge is 0.0859 e. The largest absolute Gasteiger partial charge is 0.379 e. The first-order valence-electron chi connectivity index (χ1n) is 7.56. The van der Waals surface area contributed by atoms with E-state index in [1.807, 2.05) is 12.1 Å². The summed E-state index contributed by atoms with van der Waals surface area (Å²) in [5, 5.41) is 18.2. The van der Waals surface area contributed by atoms with Gasteiger partial charge in [-0.2, -0.15) is 0 Å². The number of nitrogens with one attached hydrogen (secondary N) is 2. The molecule has 0 radical (unpaired) electrons. The second-order valence-corrected chi connectivity index (χ2v) is 5.91. The third kappa shape index (κ3) is 3.29. The molecule has 0 saturated carbocycles. The second-order valence-electron chi connectivity index (χ2n) is 5.91. The van der Waals surface area contributed by atoms with Crippen LogP contribution in [0.25, 0.3) is 0 Å². The SMILES string of the molecule is ONc1cc2c(cc1NO)CC(CCN1CCOCC1)C2. The van der Waals surface area contributed by atoms with Gasteiger partial charge < -0.3 is 4.74 Å². The molecule has 4 N–H and O–H groups in total. The Balaban J connectivity index is 1.59. The highest BCUT2D eigenvalue weighted by atomic mass is 16.5. The van der Waals surface area contributed by atoms with Crippen LogP contribution >= 0.6 is 0 Å². The van der Waals surface area contributed by atoms with Crippen molar-refractivity contribution in [3.05, 3.63) is 23.3 Å². The molecule has 0 unspecified atom stereocenters. The summed E-state index contributed by atoms with van der Waals surface area (Å²) in [6, 6.07) is 3.84. The van der Waals surface area contributed by atoms with Gasteiger partial charge in [-0.1, -0.05) is 0 Å². The molecule has 0 spiro atoms. The molecule has 0 bridgehead atoms. The summed E-state index contributed by atoms with van der Waals surface area (Å²) in [6.07, 6.45) is 3.26. The van der Waals surface area contributed by atoms with Crippen LogP contribution in [0.3, 0.4) is 0 Å². The molecule has 3 rings (SSSR count). The number of benzene rings is 1. The van der Waals surface area contributed by atoms with Gasteiger partial charge in [0.1, 0.15) is 0 Å². The van der Waals surface area contributed by atoms with Crippen LogP contribution in [0.15, 0.2) is 12.1 Å². The Morgan fingerprint density at radius 3 is 2.14 bits per heavy atom. The molecule has 6 nitrogen and oxygen atoms in total. The lowest BCUT2D eigenvalue weighted by Crippen LogP contribution is -2.37. The minimum absolute atomic E-state index is 0.519. The molecule has 1 aliphatic heterocycles. The molecular formula is C15H23N3O3. The molecule has 6 heteroatoms. The minimum atomic E-state index is 0.519. The summed E-state index contributed by atoms with van der Waals surface area (Å²) in [4.78, 5) is 2.47. The fourth-order valence-electron chi connectivity index (χ4n) is 3.34. The van der Waals surface area contributed by atoms with Crippen LogP contribution in [-0.2, 0) is 17.6 Å². The van der Waals surface area contributed by atoms with Gasteiger partial charge in [0.25, 0.3) is 0 Å². The quantitative estimate of drug-likeness (QED) is 0.619. The van der Waals surface area contributed by atoms with Gasteiger partial charge in [0.2, 0.25) is 0 Å². The number of hydrogen-bond acceptors (Lipinski definition) is 6. The highest BCUT2D eigenvalue weighted by Gasteiger charge is 2.24. The maximum atomic E-state index is 9.10. The van der Waals surface area contributed by atoms with E-state index >= 15 is 0 Å². The van der Waals surface area contributed by atoms with E-state index in [1.54, 1.807) is 0 Å². The first kappa shape index (κ1) is 14.6. The fourth-order valence-corrected chi connectivity index (χ4v) is 3.34. The van der Waals surface area contributed by atoms with E-state index < -0.39 is 0 Å². The van der Waals surface area contributed by atoms with Gasteiger partial charge in [-0.25, -0.2) is 0 Å². The molecule has 116 valence electrons. The zero-order chi connectivity index (χ0) is 14.7. The normalized spacial score (nSPS) is 19.5. The van der Waals surface area contributed by atoms with Crippen molar-refractivity contribution in [2.75, 3.05) is 43.8 Å². The molecule has 1 saturated heterocycles. The Bertz CT molecular complexity index is 456. The first-order valence-corrected chi connectivity index (χ1v) is 7.56. The summed E-state index contributed by atoms with van der Waals surface area (Å²) in [6.45, 7) is 4.90. The summed E-state index contributed by atoms with van der Waals surface area (Å²) >= 11 is 0. The molecule has 1 heterocycles. The van der Waals surface area contributed by atoms with Crippen LogP contribution < -0.4 is 11.0 Å². The van der Waals surface area contributed by atoms with Gasteiger partial charge in [0.05, 0.1) is 24.6 Å². The highest BCUT2D eigenvalue weighted by molar-refractivity contribution is 5.70. The van der Waals surface area contributed by atoms with E-state index in [9.17, 15) is 0 Å². The molecule has 21 heavy (non-hydrogen) atoms. The lowest BCUT2D eigenvalue weighted by Gasteiger charge is -2.27. The number of fused-ring (bicyclic) bond motifs is 1. The summed E-state index contributed by atoms with van der Waals surface area (Å²) in [5.74, 6) is 0.642. The zero-order valence-electron chi connectivity index (χ0n) is 12.1. The molecule has 0 aromatic heterocycles. The summed E-state index contributed by atoms with van der Waals surface area (Å²) < 4.78 is 5.37. The van der Waals surface area contributed by atoms with Crippen molar-refractivity contribution in [1.29, 1.82) is 0 Å². The third-order valence-electron chi connectivity index (χ3n) is 4.56. The van der Waals surface area contributed by atoms with Gasteiger partial charge in [-0.3, -0.25) is 26.3 Å². The lowest BCUT2D eigenvalue weighted by molar-refractivity contribution is 0.0355. The Hall–Kier alpha value is -1.34. The van der Waals surface area contributed by atoms with Gasteiger partial charge in [-0.05, 0) is 55.0 Å². The van der Waals surface area contributed by atoms with Crippen LogP contribution in [0, 0.1) is 5.92 Å². The van der Waals surface area contributed by atoms with E-state index in [-0.39, 0.29) is 0 Å². The van der Waals surface area contributed by atoms with Crippen molar-refractivity contribution in [3.63, 3.8) is 0 Å². The average molecular weight is 293 g/mol. The van der Waals surface area contributed by atoms with Crippen molar-refractivity contribution in [3.8, 4) is 0 Å². The fraction of sp³-hybridized carbons (Fsp3) is 0.600. The van der Waals surface area contributed by atoms with Crippen molar-refractivity contribution >= 4 is 11.4 Å². The predicted octanol–water partition coefficient (Wildman–Crippen LogP) is 1.73. The molecule has 2 aliphatic rings. The van der Waals surface area contributed by atoms with E-state index in [0.717, 1.165) is 45.7 Å². The maximum absolute atomic E-state index is 9.10. The molecule has 0 atom stereocenters. The maximum Gasteiger partial charge on any atom is 0.0859 e. The highest BCUT2D eigenvalue weighted by Crippen LogP contribution is 2.35. The van der Waals surface area contributed by atoms with Crippen molar-refractivity contribution in [1.82, 2.24) is 4.90 Å². The van der Waals surface area contributed by atoms with Gasteiger partial charge in [0.15, 0.2) is 0 Å². The lowest BCUT2D eigenvalue weighted by atomic mass is 10.0. The Labute approximate surface area is 124 Å². The number of morpholine rings is 1. The number of hydrogen-bond donors (Lipinski definition) is 4. The summed E-state index contributed by atoms with van der Waals surface area (Å²) in [5.41, 5.74) is 7.82.